The molecule has 0 radical (unpaired) electrons. The van der Waals surface area contributed by atoms with Gasteiger partial charge in [0.05, 0.1) is 19.8 Å². The molecule has 43 heavy (non-hydrogen) atoms. The third-order valence-electron chi connectivity index (χ3n) is 9.97. The summed E-state index contributed by atoms with van der Waals surface area (Å²) in [5.41, 5.74) is 5.30. The molecule has 0 saturated carbocycles. The minimum atomic E-state index is -1.02. The fourth-order valence-corrected chi connectivity index (χ4v) is 8.00. The Bertz CT molecular complexity index is 1360. The molecule has 2 saturated heterocycles. The molecule has 0 spiro atoms. The van der Waals surface area contributed by atoms with Gasteiger partial charge in [0.1, 0.15) is 23.6 Å². The second kappa shape index (κ2) is 12.1. The number of nitrogens with zero attached hydrogens (tertiary/aromatic N) is 1. The maximum absolute atomic E-state index is 14.4. The van der Waals surface area contributed by atoms with Gasteiger partial charge in [-0.1, -0.05) is 45.0 Å². The van der Waals surface area contributed by atoms with Crippen molar-refractivity contribution in [2.45, 2.75) is 103 Å². The number of hydrogen-bond donors (Lipinski definition) is 2. The van der Waals surface area contributed by atoms with E-state index in [1.807, 2.05) is 12.1 Å². The van der Waals surface area contributed by atoms with Gasteiger partial charge in [-0.05, 0) is 73.1 Å². The molecule has 0 aromatic heterocycles. The topological polar surface area (TPSA) is 97.3 Å². The minimum absolute atomic E-state index is 0.238. The molecule has 2 N–H and O–H groups in total. The first-order valence-corrected chi connectivity index (χ1v) is 16.0. The SMILES string of the molecule is COc1cc2c(cc1CN[C@H]1[C@H](C(C)(C)C)[C@@H](C(=O)O)N(C(=O)[C@@H]3CCCCO3)[C@H]1c1cccc3c1OCC3)CCCC2. The molecule has 8 heteroatoms. The molecule has 1 amide bonds. The number of fused-ring (bicyclic) bond motifs is 2. The number of nitrogens with one attached hydrogen (secondary N) is 1. The zero-order valence-corrected chi connectivity index (χ0v) is 26.0. The van der Waals surface area contributed by atoms with Gasteiger partial charge in [-0.25, -0.2) is 4.79 Å². The molecule has 2 fully saturated rings. The van der Waals surface area contributed by atoms with Gasteiger partial charge in [0.15, 0.2) is 0 Å². The van der Waals surface area contributed by atoms with Crippen molar-refractivity contribution in [3.63, 3.8) is 0 Å². The van der Waals surface area contributed by atoms with E-state index in [2.05, 4.69) is 44.3 Å². The third kappa shape index (κ3) is 5.64. The van der Waals surface area contributed by atoms with Crippen LogP contribution in [0.2, 0.25) is 0 Å². The Morgan fingerprint density at radius 3 is 2.47 bits per heavy atom. The first kappa shape index (κ1) is 29.9. The molecule has 4 aliphatic rings. The number of carboxylic acids is 1. The summed E-state index contributed by atoms with van der Waals surface area (Å²) in [5, 5.41) is 14.6. The summed E-state index contributed by atoms with van der Waals surface area (Å²) in [5.74, 6) is 0.0169. The average molecular weight is 591 g/mol. The highest BCUT2D eigenvalue weighted by molar-refractivity contribution is 5.88. The van der Waals surface area contributed by atoms with Gasteiger partial charge < -0.3 is 29.5 Å². The summed E-state index contributed by atoms with van der Waals surface area (Å²) >= 11 is 0. The number of aryl methyl sites for hydroxylation is 2. The number of para-hydroxylation sites is 1. The zero-order valence-electron chi connectivity index (χ0n) is 26.0. The van der Waals surface area contributed by atoms with E-state index in [0.717, 1.165) is 60.3 Å². The van der Waals surface area contributed by atoms with E-state index in [1.165, 1.54) is 24.0 Å². The molecule has 1 aliphatic carbocycles. The van der Waals surface area contributed by atoms with Crippen LogP contribution in [0.25, 0.3) is 0 Å². The quantitative estimate of drug-likeness (QED) is 0.456. The van der Waals surface area contributed by atoms with E-state index in [1.54, 1.807) is 12.0 Å². The van der Waals surface area contributed by atoms with Crippen LogP contribution in [-0.4, -0.2) is 60.4 Å². The van der Waals surface area contributed by atoms with Gasteiger partial charge in [-0.15, -0.1) is 0 Å². The Hall–Kier alpha value is -3.10. The van der Waals surface area contributed by atoms with Gasteiger partial charge in [0.2, 0.25) is 0 Å². The van der Waals surface area contributed by atoms with Crippen LogP contribution in [0.5, 0.6) is 11.5 Å². The number of amides is 1. The number of hydrogen-bond acceptors (Lipinski definition) is 6. The fourth-order valence-electron chi connectivity index (χ4n) is 8.00. The predicted octanol–water partition coefficient (Wildman–Crippen LogP) is 5.24. The maximum Gasteiger partial charge on any atom is 0.326 e. The Kier molecular flexibility index (Phi) is 8.44. The highest BCUT2D eigenvalue weighted by Gasteiger charge is 2.59. The number of likely N-dealkylation sites (tertiary alicyclic amines) is 1. The Morgan fingerprint density at radius 1 is 1.02 bits per heavy atom. The van der Waals surface area contributed by atoms with Crippen molar-refractivity contribution in [3.05, 3.63) is 58.1 Å². The monoisotopic (exact) mass is 590 g/mol. The first-order chi connectivity index (χ1) is 20.7. The summed E-state index contributed by atoms with van der Waals surface area (Å²) in [6.45, 7) is 7.82. The van der Waals surface area contributed by atoms with E-state index < -0.39 is 29.6 Å². The van der Waals surface area contributed by atoms with Crippen molar-refractivity contribution in [1.29, 1.82) is 0 Å². The second-order valence-corrected chi connectivity index (χ2v) is 13.7. The maximum atomic E-state index is 14.4. The average Bonchev–Trinajstić information content (AvgIpc) is 3.62. The summed E-state index contributed by atoms with van der Waals surface area (Å²) in [6.07, 6.45) is 7.05. The van der Waals surface area contributed by atoms with Crippen LogP contribution in [-0.2, 0) is 40.1 Å². The van der Waals surface area contributed by atoms with E-state index in [9.17, 15) is 14.7 Å². The van der Waals surface area contributed by atoms with E-state index >= 15 is 0 Å². The number of ether oxygens (including phenoxy) is 3. The van der Waals surface area contributed by atoms with Crippen molar-refractivity contribution in [2.75, 3.05) is 20.3 Å². The Labute approximate surface area is 255 Å². The number of rotatable bonds is 7. The van der Waals surface area contributed by atoms with Crippen LogP contribution in [0.1, 0.15) is 86.7 Å². The molecule has 8 nitrogen and oxygen atoms in total. The van der Waals surface area contributed by atoms with Crippen molar-refractivity contribution >= 4 is 11.9 Å². The van der Waals surface area contributed by atoms with Crippen LogP contribution in [0.3, 0.4) is 0 Å². The van der Waals surface area contributed by atoms with Gasteiger partial charge in [0.25, 0.3) is 5.91 Å². The van der Waals surface area contributed by atoms with Gasteiger partial charge >= 0.3 is 5.97 Å². The van der Waals surface area contributed by atoms with E-state index in [0.29, 0.717) is 26.2 Å². The molecular weight excluding hydrogens is 544 g/mol. The number of benzene rings is 2. The molecular formula is C35H46N2O6. The van der Waals surface area contributed by atoms with Gasteiger partial charge in [0, 0.05) is 42.7 Å². The van der Waals surface area contributed by atoms with Crippen molar-refractivity contribution < 1.29 is 28.9 Å². The lowest BCUT2D eigenvalue weighted by Gasteiger charge is -2.36. The van der Waals surface area contributed by atoms with Crippen molar-refractivity contribution in [3.8, 4) is 11.5 Å². The van der Waals surface area contributed by atoms with Crippen LogP contribution >= 0.6 is 0 Å². The highest BCUT2D eigenvalue weighted by atomic mass is 16.5. The summed E-state index contributed by atoms with van der Waals surface area (Å²) in [6, 6.07) is 8.59. The summed E-state index contributed by atoms with van der Waals surface area (Å²) < 4.78 is 18.0. The molecule has 6 rings (SSSR count). The standard InChI is InChI=1S/C35H46N2O6/c1-35(2,3)28-29(36-20-24-18-22-10-5-6-11-23(22)19-27(24)41-4)30(25-13-9-12-21-15-17-43-32(21)25)37(31(28)34(39)40)33(38)26-14-7-8-16-42-26/h9,12-13,18-19,26,28-31,36H,5-8,10-11,14-17,20H2,1-4H3,(H,39,40)/t26-,28-,29-,30-,31-/m0/s1. The molecule has 3 aliphatic heterocycles. The lowest BCUT2D eigenvalue weighted by atomic mass is 9.72. The fraction of sp³-hybridized carbons (Fsp3) is 0.600. The molecule has 0 unspecified atom stereocenters. The van der Waals surface area contributed by atoms with E-state index in [-0.39, 0.29) is 17.9 Å². The highest BCUT2D eigenvalue weighted by Crippen LogP contribution is 2.51. The molecule has 232 valence electrons. The lowest BCUT2D eigenvalue weighted by Crippen LogP contribution is -2.51. The predicted molar refractivity (Wildman–Crippen MR) is 163 cm³/mol. The number of methoxy groups -OCH3 is 1. The van der Waals surface area contributed by atoms with Crippen molar-refractivity contribution in [2.24, 2.45) is 11.3 Å². The molecule has 0 bridgehead atoms. The lowest BCUT2D eigenvalue weighted by molar-refractivity contribution is -0.159. The molecule has 3 heterocycles. The number of carboxylic acid groups (broad SMARTS) is 1. The molecule has 2 aromatic rings. The minimum Gasteiger partial charge on any atom is -0.496 e. The first-order valence-electron chi connectivity index (χ1n) is 16.0. The normalized spacial score (nSPS) is 26.9. The third-order valence-corrected chi connectivity index (χ3v) is 9.97. The van der Waals surface area contributed by atoms with Crippen molar-refractivity contribution in [1.82, 2.24) is 10.2 Å². The number of carbonyl (C=O) groups is 2. The van der Waals surface area contributed by atoms with Crippen LogP contribution in [0.4, 0.5) is 0 Å². The van der Waals surface area contributed by atoms with Gasteiger partial charge in [-0.2, -0.15) is 0 Å². The molecule has 2 aromatic carbocycles. The van der Waals surface area contributed by atoms with Crippen LogP contribution in [0, 0.1) is 11.3 Å². The smallest absolute Gasteiger partial charge is 0.326 e. The summed E-state index contributed by atoms with van der Waals surface area (Å²) in [7, 11) is 1.71. The zero-order chi connectivity index (χ0) is 30.3. The Balaban J connectivity index is 1.46. The Morgan fingerprint density at radius 2 is 1.79 bits per heavy atom. The largest absolute Gasteiger partial charge is 0.496 e. The molecule has 5 atom stereocenters. The van der Waals surface area contributed by atoms with Crippen LogP contribution in [0.15, 0.2) is 30.3 Å². The number of aliphatic carboxylic acids is 1. The second-order valence-electron chi connectivity index (χ2n) is 13.7. The summed E-state index contributed by atoms with van der Waals surface area (Å²) in [4.78, 5) is 29.3. The van der Waals surface area contributed by atoms with Gasteiger partial charge in [-0.3, -0.25) is 4.79 Å². The van der Waals surface area contributed by atoms with E-state index in [4.69, 9.17) is 14.2 Å². The number of carbonyl (C=O) groups excluding carboxylic acids is 1. The van der Waals surface area contributed by atoms with Crippen LogP contribution < -0.4 is 14.8 Å².